The Bertz CT molecular complexity index is 1270. The van der Waals surface area contributed by atoms with Crippen molar-refractivity contribution >= 4 is 17.7 Å². The van der Waals surface area contributed by atoms with Crippen molar-refractivity contribution in [2.24, 2.45) is 22.4 Å². The van der Waals surface area contributed by atoms with E-state index in [1.807, 2.05) is 12.1 Å². The van der Waals surface area contributed by atoms with Crippen LogP contribution in [0.15, 0.2) is 64.8 Å². The van der Waals surface area contributed by atoms with Crippen LogP contribution < -0.4 is 16.8 Å². The lowest BCUT2D eigenvalue weighted by Crippen LogP contribution is -2.38. The van der Waals surface area contributed by atoms with E-state index in [1.54, 1.807) is 25.7 Å². The first kappa shape index (κ1) is 23.9. The zero-order valence-corrected chi connectivity index (χ0v) is 19.9. The maximum Gasteiger partial charge on any atom is 0.261 e. The number of hydrogen-bond acceptors (Lipinski definition) is 8. The molecule has 0 spiro atoms. The number of amides is 1. The molecule has 1 aliphatic rings. The Morgan fingerprint density at radius 1 is 1.37 bits per heavy atom. The van der Waals surface area contributed by atoms with Gasteiger partial charge in [0.05, 0.1) is 17.2 Å². The standard InChI is InChI=1S/C25H30N8O2/c1-16(27)29-12-18(11-26)17-7-9-21(10-8-17)25(2,20-5-4-6-20)24-31-23(35-32-24)19-13-30-33(14-19)15-22(34)28-3/h7-14,20H,1,4-6,15,26-27H2,2-3H3,(H,28,34)/b18-11+,29-12-. The first-order valence-electron chi connectivity index (χ1n) is 11.4. The Morgan fingerprint density at radius 3 is 2.71 bits per heavy atom. The summed E-state index contributed by atoms with van der Waals surface area (Å²) in [6, 6.07) is 8.14. The number of nitrogens with zero attached hydrogens (tertiary/aromatic N) is 5. The number of likely N-dealkylation sites (N-methyl/N-ethyl adjacent to an activating group) is 1. The molecule has 1 fully saturated rings. The Labute approximate surface area is 203 Å². The third kappa shape index (κ3) is 4.86. The van der Waals surface area contributed by atoms with E-state index >= 15 is 0 Å². The highest BCUT2D eigenvalue weighted by molar-refractivity contribution is 6.09. The fraction of sp³-hybridized carbons (Fsp3) is 0.320. The van der Waals surface area contributed by atoms with E-state index in [4.69, 9.17) is 21.0 Å². The molecule has 1 aliphatic carbocycles. The number of benzene rings is 1. The molecule has 0 saturated heterocycles. The second-order valence-electron chi connectivity index (χ2n) is 8.80. The van der Waals surface area contributed by atoms with Gasteiger partial charge in [-0.2, -0.15) is 10.1 Å². The summed E-state index contributed by atoms with van der Waals surface area (Å²) in [6.07, 6.45) is 9.78. The molecule has 0 radical (unpaired) electrons. The van der Waals surface area contributed by atoms with Gasteiger partial charge in [0, 0.05) is 31.2 Å². The van der Waals surface area contributed by atoms with Gasteiger partial charge in [-0.15, -0.1) is 0 Å². The molecular weight excluding hydrogens is 444 g/mol. The zero-order valence-electron chi connectivity index (χ0n) is 19.9. The van der Waals surface area contributed by atoms with Crippen LogP contribution in [0.1, 0.15) is 43.1 Å². The number of aromatic nitrogens is 4. The summed E-state index contributed by atoms with van der Waals surface area (Å²) in [6.45, 7) is 5.86. The van der Waals surface area contributed by atoms with E-state index in [-0.39, 0.29) is 18.3 Å². The van der Waals surface area contributed by atoms with Gasteiger partial charge in [-0.05, 0) is 36.8 Å². The molecule has 182 valence electrons. The second kappa shape index (κ2) is 9.96. The Hall–Kier alpha value is -4.21. The minimum Gasteiger partial charge on any atom is -0.404 e. The van der Waals surface area contributed by atoms with E-state index in [0.29, 0.717) is 23.2 Å². The topological polar surface area (TPSA) is 150 Å². The molecular formula is C25H30N8O2. The molecule has 2 heterocycles. The molecule has 1 atom stereocenters. The van der Waals surface area contributed by atoms with Crippen LogP contribution in [0.5, 0.6) is 0 Å². The third-order valence-electron chi connectivity index (χ3n) is 6.64. The molecule has 1 amide bonds. The molecule has 10 heteroatoms. The number of carbonyl (C=O) groups excluding carboxylic acids is 1. The lowest BCUT2D eigenvalue weighted by Gasteiger charge is -2.41. The van der Waals surface area contributed by atoms with Crippen LogP contribution in [0.2, 0.25) is 0 Å². The maximum atomic E-state index is 11.6. The lowest BCUT2D eigenvalue weighted by atomic mass is 9.62. The van der Waals surface area contributed by atoms with Gasteiger partial charge in [0.15, 0.2) is 5.82 Å². The second-order valence-corrected chi connectivity index (χ2v) is 8.80. The summed E-state index contributed by atoms with van der Waals surface area (Å²) in [5, 5.41) is 11.2. The van der Waals surface area contributed by atoms with Crippen LogP contribution in [0.3, 0.4) is 0 Å². The molecule has 1 saturated carbocycles. The van der Waals surface area contributed by atoms with E-state index in [9.17, 15) is 4.79 Å². The predicted molar refractivity (Wildman–Crippen MR) is 134 cm³/mol. The average Bonchev–Trinajstić information content (AvgIpc) is 3.48. The molecule has 0 aliphatic heterocycles. The summed E-state index contributed by atoms with van der Waals surface area (Å²) >= 11 is 0. The van der Waals surface area contributed by atoms with Crippen molar-refractivity contribution in [1.29, 1.82) is 0 Å². The van der Waals surface area contributed by atoms with E-state index in [2.05, 4.69) is 46.2 Å². The lowest BCUT2D eigenvalue weighted by molar-refractivity contribution is -0.121. The van der Waals surface area contributed by atoms with Crippen molar-refractivity contribution < 1.29 is 9.32 Å². The number of hydrogen-bond donors (Lipinski definition) is 3. The highest BCUT2D eigenvalue weighted by Crippen LogP contribution is 2.47. The predicted octanol–water partition coefficient (Wildman–Crippen LogP) is 2.59. The van der Waals surface area contributed by atoms with E-state index in [1.165, 1.54) is 17.3 Å². The van der Waals surface area contributed by atoms with Crippen molar-refractivity contribution in [3.63, 3.8) is 0 Å². The van der Waals surface area contributed by atoms with Gasteiger partial charge in [0.1, 0.15) is 12.4 Å². The van der Waals surface area contributed by atoms with Crippen LogP contribution in [0.25, 0.3) is 17.0 Å². The monoisotopic (exact) mass is 474 g/mol. The number of rotatable bonds is 9. The fourth-order valence-electron chi connectivity index (χ4n) is 4.25. The molecule has 4 rings (SSSR count). The summed E-state index contributed by atoms with van der Waals surface area (Å²) in [7, 11) is 1.59. The van der Waals surface area contributed by atoms with Gasteiger partial charge in [-0.3, -0.25) is 9.48 Å². The number of allylic oxidation sites excluding steroid dienone is 1. The zero-order chi connectivity index (χ0) is 25.0. The smallest absolute Gasteiger partial charge is 0.261 e. The van der Waals surface area contributed by atoms with Gasteiger partial charge >= 0.3 is 0 Å². The average molecular weight is 475 g/mol. The first-order chi connectivity index (χ1) is 16.8. The van der Waals surface area contributed by atoms with Crippen LogP contribution in [0, 0.1) is 5.92 Å². The molecule has 1 aromatic carbocycles. The fourth-order valence-corrected chi connectivity index (χ4v) is 4.25. The van der Waals surface area contributed by atoms with E-state index < -0.39 is 5.41 Å². The molecule has 5 N–H and O–H groups in total. The van der Waals surface area contributed by atoms with Gasteiger partial charge in [-0.25, -0.2) is 4.99 Å². The van der Waals surface area contributed by atoms with Crippen molar-refractivity contribution in [1.82, 2.24) is 25.2 Å². The maximum absolute atomic E-state index is 11.6. The van der Waals surface area contributed by atoms with Crippen LogP contribution in [0.4, 0.5) is 0 Å². The Morgan fingerprint density at radius 2 is 2.11 bits per heavy atom. The number of nitrogens with two attached hydrogens (primary N) is 2. The number of carbonyl (C=O) groups is 1. The molecule has 2 aromatic heterocycles. The molecule has 1 unspecified atom stereocenters. The van der Waals surface area contributed by atoms with Gasteiger partial charge in [0.25, 0.3) is 5.89 Å². The molecule has 3 aromatic rings. The molecule has 10 nitrogen and oxygen atoms in total. The summed E-state index contributed by atoms with van der Waals surface area (Å²) < 4.78 is 7.17. The minimum atomic E-state index is -0.428. The van der Waals surface area contributed by atoms with Crippen LogP contribution >= 0.6 is 0 Å². The van der Waals surface area contributed by atoms with Crippen LogP contribution in [-0.2, 0) is 16.8 Å². The van der Waals surface area contributed by atoms with Crippen molar-refractivity contribution in [2.75, 3.05) is 7.05 Å². The Kier molecular flexibility index (Phi) is 6.81. The van der Waals surface area contributed by atoms with Crippen LogP contribution in [-0.4, -0.2) is 39.1 Å². The quantitative estimate of drug-likeness (QED) is 0.403. The van der Waals surface area contributed by atoms with Gasteiger partial charge in [-0.1, -0.05) is 42.4 Å². The SMILES string of the molecule is C=C(N)/N=C\C(=C/N)c1ccc(C(C)(c2noc(-c3cnn(CC(=O)NC)c3)n2)C2CCC2)cc1. The van der Waals surface area contributed by atoms with Crippen molar-refractivity contribution in [3.05, 3.63) is 72.2 Å². The van der Waals surface area contributed by atoms with Crippen molar-refractivity contribution in [3.8, 4) is 11.5 Å². The van der Waals surface area contributed by atoms with E-state index in [0.717, 1.165) is 29.5 Å². The highest BCUT2D eigenvalue weighted by atomic mass is 16.5. The number of nitrogens with one attached hydrogen (secondary N) is 1. The van der Waals surface area contributed by atoms with Gasteiger partial charge < -0.3 is 21.3 Å². The minimum absolute atomic E-state index is 0.118. The molecule has 35 heavy (non-hydrogen) atoms. The largest absolute Gasteiger partial charge is 0.404 e. The first-order valence-corrected chi connectivity index (χ1v) is 11.4. The number of aliphatic imine (C=N–C) groups is 1. The molecule has 0 bridgehead atoms. The van der Waals surface area contributed by atoms with Crippen molar-refractivity contribution in [2.45, 2.75) is 38.1 Å². The highest BCUT2D eigenvalue weighted by Gasteiger charge is 2.44. The Balaban J connectivity index is 1.63. The third-order valence-corrected chi connectivity index (χ3v) is 6.64. The summed E-state index contributed by atoms with van der Waals surface area (Å²) in [5.41, 5.74) is 14.3. The summed E-state index contributed by atoms with van der Waals surface area (Å²) in [4.78, 5) is 20.4. The van der Waals surface area contributed by atoms with Gasteiger partial charge in [0.2, 0.25) is 5.91 Å². The normalized spacial score (nSPS) is 16.1. The summed E-state index contributed by atoms with van der Waals surface area (Å²) in [5.74, 6) is 1.46.